The van der Waals surface area contributed by atoms with Crippen LogP contribution in [-0.4, -0.2) is 19.6 Å². The number of aryl methyl sites for hydroxylation is 1. The minimum atomic E-state index is -0.0504. The molecule has 10 aromatic rings. The second-order valence-electron chi connectivity index (χ2n) is 18.9. The van der Waals surface area contributed by atoms with Crippen LogP contribution in [0.25, 0.3) is 100 Å². The normalized spacial score (nSPS) is 12.0. The van der Waals surface area contributed by atoms with Gasteiger partial charge in [0.05, 0.1) is 17.1 Å². The van der Waals surface area contributed by atoms with Gasteiger partial charge in [-0.1, -0.05) is 144 Å². The minimum absolute atomic E-state index is 0. The Morgan fingerprint density at radius 1 is 0.500 bits per heavy atom. The molecule has 0 saturated heterocycles. The average Bonchev–Trinajstić information content (AvgIpc) is 3.79. The molecule has 64 heavy (non-hydrogen) atoms. The quantitative estimate of drug-likeness (QED) is 0.169. The van der Waals surface area contributed by atoms with Crippen molar-refractivity contribution in [3.8, 4) is 73.2 Å². The number of pyridine rings is 2. The number of aromatic hydroxyl groups is 1. The zero-order valence-corrected chi connectivity index (χ0v) is 39.7. The summed E-state index contributed by atoms with van der Waals surface area (Å²) in [7, 11) is 2.15. The van der Waals surface area contributed by atoms with Crippen molar-refractivity contribution in [1.29, 1.82) is 0 Å². The molecule has 5 nitrogen and oxygen atoms in total. The van der Waals surface area contributed by atoms with Gasteiger partial charge < -0.3 is 14.1 Å². The molecule has 6 heteroatoms. The van der Waals surface area contributed by atoms with Gasteiger partial charge in [0.2, 0.25) is 0 Å². The van der Waals surface area contributed by atoms with E-state index in [0.717, 1.165) is 89.2 Å². The van der Waals surface area contributed by atoms with Crippen molar-refractivity contribution >= 4 is 32.7 Å². The molecule has 0 aliphatic rings. The summed E-state index contributed by atoms with van der Waals surface area (Å²) in [5.41, 5.74) is 16.3. The van der Waals surface area contributed by atoms with Gasteiger partial charge in [0.15, 0.2) is 0 Å². The largest absolute Gasteiger partial charge is 0.507 e. The molecule has 4 heterocycles. The molecular formula is C58H50N3O2Pt-. The maximum atomic E-state index is 11.1. The third-order valence-electron chi connectivity index (χ3n) is 12.3. The molecule has 0 aliphatic carbocycles. The van der Waals surface area contributed by atoms with Crippen molar-refractivity contribution in [1.82, 2.24) is 14.5 Å². The molecule has 4 aromatic heterocycles. The van der Waals surface area contributed by atoms with Gasteiger partial charge in [0.25, 0.3) is 0 Å². The van der Waals surface area contributed by atoms with Crippen LogP contribution in [0.15, 0.2) is 156 Å². The van der Waals surface area contributed by atoms with Crippen LogP contribution < -0.4 is 0 Å². The van der Waals surface area contributed by atoms with E-state index in [1.165, 1.54) is 16.5 Å². The molecule has 6 aromatic carbocycles. The van der Waals surface area contributed by atoms with Crippen LogP contribution in [0.1, 0.15) is 58.4 Å². The van der Waals surface area contributed by atoms with Gasteiger partial charge in [-0.05, 0) is 88.0 Å². The molecule has 0 bridgehead atoms. The van der Waals surface area contributed by atoms with E-state index in [-0.39, 0.29) is 37.6 Å². The van der Waals surface area contributed by atoms with E-state index >= 15 is 0 Å². The van der Waals surface area contributed by atoms with Gasteiger partial charge >= 0.3 is 0 Å². The Morgan fingerprint density at radius 2 is 1.05 bits per heavy atom. The number of phenols is 1. The smallest absolute Gasteiger partial charge is 0.136 e. The topological polar surface area (TPSA) is 64.1 Å². The standard InChI is InChI=1S/C58H50N3O2.Pt/c1-35-26-41(56-47-20-10-9-19-46(47)55(61(56)8)38-24-25-45-44-18-12-14-23-53(44)63-54(45)33-38)32-49(59-35)36-16-15-17-37(27-36)50-30-40(31-51(60-50)48-21-11-13-22-52(48)62)39-28-42(57(2,3)4)34-43(29-39)58(5,6)7;/h9-26,28-34,62H,1-8H3;/q-1;. The van der Waals surface area contributed by atoms with E-state index in [0.29, 0.717) is 11.3 Å². The fraction of sp³-hybridized carbons (Fsp3) is 0.172. The van der Waals surface area contributed by atoms with Crippen molar-refractivity contribution in [2.75, 3.05) is 0 Å². The molecule has 320 valence electrons. The number of benzene rings is 6. The Morgan fingerprint density at radius 3 is 1.72 bits per heavy atom. The number of phenolic OH excluding ortho intramolecular Hbond substituents is 1. The Bertz CT molecular complexity index is 3380. The molecule has 0 aliphatic heterocycles. The molecular weight excluding hydrogens is 966 g/mol. The summed E-state index contributed by atoms with van der Waals surface area (Å²) in [6.07, 6.45) is 0. The first-order valence-electron chi connectivity index (χ1n) is 21.7. The van der Waals surface area contributed by atoms with E-state index in [1.54, 1.807) is 6.07 Å². The zero-order chi connectivity index (χ0) is 43.8. The number of fused-ring (bicyclic) bond motifs is 4. The van der Waals surface area contributed by atoms with E-state index in [2.05, 4.69) is 181 Å². The monoisotopic (exact) mass is 1020 g/mol. The number of para-hydroxylation sites is 2. The fourth-order valence-electron chi connectivity index (χ4n) is 8.98. The van der Waals surface area contributed by atoms with Crippen molar-refractivity contribution in [2.24, 2.45) is 7.05 Å². The molecule has 0 fully saturated rings. The third kappa shape index (κ3) is 7.77. The van der Waals surface area contributed by atoms with E-state index in [9.17, 15) is 5.11 Å². The van der Waals surface area contributed by atoms with Crippen LogP contribution in [0.5, 0.6) is 5.75 Å². The molecule has 0 unspecified atom stereocenters. The molecule has 1 N–H and O–H groups in total. The third-order valence-corrected chi connectivity index (χ3v) is 12.3. The van der Waals surface area contributed by atoms with Gasteiger partial charge in [0, 0.05) is 77.9 Å². The number of nitrogens with zero attached hydrogens (tertiary/aromatic N) is 3. The van der Waals surface area contributed by atoms with Gasteiger partial charge in [-0.15, -0.1) is 24.3 Å². The van der Waals surface area contributed by atoms with Crippen LogP contribution in [0.3, 0.4) is 0 Å². The SMILES string of the molecule is Cc1cc(-c2c3ccccc3c(-c3ccc4c(c3)oc3ccccc34)n2C)cc(-c2[c-]c(-c3cc(-c4cc(C(C)(C)C)cc(C(C)(C)C)c4)cc(-c4ccccc4O)n3)ccc2)n1.[Pt]. The molecule has 0 saturated carbocycles. The van der Waals surface area contributed by atoms with Crippen molar-refractivity contribution in [3.05, 3.63) is 175 Å². The summed E-state index contributed by atoms with van der Waals surface area (Å²) in [5.74, 6) is 0.188. The second-order valence-corrected chi connectivity index (χ2v) is 18.9. The Balaban J connectivity index is 0.00000518. The van der Waals surface area contributed by atoms with Gasteiger partial charge in [-0.25, -0.2) is 0 Å². The summed E-state index contributed by atoms with van der Waals surface area (Å²) >= 11 is 0. The number of aromatic nitrogens is 3. The predicted octanol–water partition coefficient (Wildman–Crippen LogP) is 15.3. The molecule has 0 amide bonds. The first-order chi connectivity index (χ1) is 30.2. The summed E-state index contributed by atoms with van der Waals surface area (Å²) < 4.78 is 8.65. The molecule has 0 spiro atoms. The van der Waals surface area contributed by atoms with E-state index < -0.39 is 0 Å². The zero-order valence-electron chi connectivity index (χ0n) is 37.4. The van der Waals surface area contributed by atoms with E-state index in [4.69, 9.17) is 14.4 Å². The minimum Gasteiger partial charge on any atom is -0.507 e. The Labute approximate surface area is 389 Å². The van der Waals surface area contributed by atoms with Crippen molar-refractivity contribution in [2.45, 2.75) is 59.3 Å². The average molecular weight is 1020 g/mol. The number of furan rings is 1. The maximum Gasteiger partial charge on any atom is 0.136 e. The Kier molecular flexibility index (Phi) is 10.8. The first kappa shape index (κ1) is 42.7. The summed E-state index contributed by atoms with van der Waals surface area (Å²) in [4.78, 5) is 10.3. The van der Waals surface area contributed by atoms with Crippen molar-refractivity contribution < 1.29 is 30.6 Å². The Hall–Kier alpha value is -6.55. The van der Waals surface area contributed by atoms with E-state index in [1.807, 2.05) is 30.3 Å². The van der Waals surface area contributed by atoms with Crippen LogP contribution in [0.4, 0.5) is 0 Å². The summed E-state index contributed by atoms with van der Waals surface area (Å²) in [5, 5.41) is 15.7. The van der Waals surface area contributed by atoms with Crippen LogP contribution in [0, 0.1) is 13.0 Å². The van der Waals surface area contributed by atoms with Gasteiger partial charge in [-0.3, -0.25) is 9.97 Å². The maximum absolute atomic E-state index is 11.1. The van der Waals surface area contributed by atoms with Crippen LogP contribution >= 0.6 is 0 Å². The summed E-state index contributed by atoms with van der Waals surface area (Å²) in [6, 6.07) is 56.3. The molecule has 0 atom stereocenters. The number of hydrogen-bond donors (Lipinski definition) is 1. The van der Waals surface area contributed by atoms with Crippen molar-refractivity contribution in [3.63, 3.8) is 0 Å². The first-order valence-corrected chi connectivity index (χ1v) is 21.7. The van der Waals surface area contributed by atoms with Crippen LogP contribution in [0.2, 0.25) is 0 Å². The fourth-order valence-corrected chi connectivity index (χ4v) is 8.98. The van der Waals surface area contributed by atoms with Crippen LogP contribution in [-0.2, 0) is 38.9 Å². The second kappa shape index (κ2) is 16.2. The molecule has 10 rings (SSSR count). The molecule has 0 radical (unpaired) electrons. The van der Waals surface area contributed by atoms with Gasteiger partial charge in [0.1, 0.15) is 16.9 Å². The van der Waals surface area contributed by atoms with Gasteiger partial charge in [-0.2, -0.15) is 0 Å². The number of hydrogen-bond acceptors (Lipinski definition) is 4. The summed E-state index contributed by atoms with van der Waals surface area (Å²) in [6.45, 7) is 15.6. The predicted molar refractivity (Wildman–Crippen MR) is 261 cm³/mol. The number of rotatable bonds is 6.